The van der Waals surface area contributed by atoms with Crippen LogP contribution in [0.5, 0.6) is 0 Å². The molecule has 1 aromatic heterocycles. The van der Waals surface area contributed by atoms with Gasteiger partial charge in [0.05, 0.1) is 6.20 Å². The van der Waals surface area contributed by atoms with Crippen LogP contribution in [0.15, 0.2) is 12.4 Å². The molecular weight excluding hydrogens is 224 g/mol. The van der Waals surface area contributed by atoms with E-state index >= 15 is 0 Å². The minimum atomic E-state index is 0.619. The third kappa shape index (κ3) is 3.56. The van der Waals surface area contributed by atoms with Gasteiger partial charge in [0.2, 0.25) is 0 Å². The summed E-state index contributed by atoms with van der Waals surface area (Å²) in [5.74, 6) is 0.698. The molecule has 0 aromatic carbocycles. The van der Waals surface area contributed by atoms with Crippen LogP contribution in [0.3, 0.4) is 0 Å². The van der Waals surface area contributed by atoms with Gasteiger partial charge in [-0.2, -0.15) is 5.10 Å². The van der Waals surface area contributed by atoms with E-state index in [1.165, 1.54) is 18.5 Å². The van der Waals surface area contributed by atoms with Crippen LogP contribution >= 0.6 is 0 Å². The predicted octanol–water partition coefficient (Wildman–Crippen LogP) is 1.72. The van der Waals surface area contributed by atoms with E-state index in [4.69, 9.17) is 0 Å². The monoisotopic (exact) mass is 250 g/mol. The Balaban J connectivity index is 1.94. The zero-order valence-electron chi connectivity index (χ0n) is 11.9. The minimum absolute atomic E-state index is 0.619. The van der Waals surface area contributed by atoms with Crippen LogP contribution in [0, 0.1) is 5.92 Å². The summed E-state index contributed by atoms with van der Waals surface area (Å²) < 4.78 is 2.01. The number of hydrogen-bond donors (Lipinski definition) is 1. The SMILES string of the molecule is CCn1cc(CN2CCCNC(C(C)C)C2)cn1. The molecule has 1 unspecified atom stereocenters. The molecule has 102 valence electrons. The lowest BCUT2D eigenvalue weighted by molar-refractivity contribution is 0.238. The van der Waals surface area contributed by atoms with Crippen molar-refractivity contribution >= 4 is 0 Å². The highest BCUT2D eigenvalue weighted by Crippen LogP contribution is 2.12. The molecule has 1 aromatic rings. The lowest BCUT2D eigenvalue weighted by Gasteiger charge is -2.26. The normalized spacial score (nSPS) is 22.3. The van der Waals surface area contributed by atoms with Gasteiger partial charge in [-0.15, -0.1) is 0 Å². The Morgan fingerprint density at radius 2 is 2.33 bits per heavy atom. The van der Waals surface area contributed by atoms with Crippen LogP contribution in [0.1, 0.15) is 32.8 Å². The van der Waals surface area contributed by atoms with Gasteiger partial charge in [-0.1, -0.05) is 13.8 Å². The zero-order valence-corrected chi connectivity index (χ0v) is 11.9. The maximum Gasteiger partial charge on any atom is 0.0534 e. The molecule has 1 aliphatic rings. The fraction of sp³-hybridized carbons (Fsp3) is 0.786. The molecule has 4 nitrogen and oxygen atoms in total. The van der Waals surface area contributed by atoms with Crippen molar-refractivity contribution in [3.05, 3.63) is 18.0 Å². The third-order valence-electron chi connectivity index (χ3n) is 3.73. The summed E-state index contributed by atoms with van der Waals surface area (Å²) in [6.07, 6.45) is 5.42. The second-order valence-electron chi connectivity index (χ2n) is 5.60. The van der Waals surface area contributed by atoms with Crippen molar-refractivity contribution in [3.63, 3.8) is 0 Å². The molecule has 1 saturated heterocycles. The van der Waals surface area contributed by atoms with Gasteiger partial charge in [0.1, 0.15) is 0 Å². The molecule has 1 fully saturated rings. The number of hydrogen-bond acceptors (Lipinski definition) is 3. The van der Waals surface area contributed by atoms with Gasteiger partial charge < -0.3 is 5.32 Å². The molecule has 2 heterocycles. The van der Waals surface area contributed by atoms with Crippen molar-refractivity contribution in [2.75, 3.05) is 19.6 Å². The number of rotatable bonds is 4. The number of aromatic nitrogens is 2. The van der Waals surface area contributed by atoms with E-state index in [-0.39, 0.29) is 0 Å². The summed E-state index contributed by atoms with van der Waals surface area (Å²) in [6, 6.07) is 0.619. The summed E-state index contributed by atoms with van der Waals surface area (Å²) in [4.78, 5) is 2.56. The van der Waals surface area contributed by atoms with E-state index in [9.17, 15) is 0 Å². The molecule has 0 saturated carbocycles. The van der Waals surface area contributed by atoms with E-state index in [2.05, 4.69) is 42.3 Å². The Kier molecular flexibility index (Phi) is 4.78. The fourth-order valence-corrected chi connectivity index (χ4v) is 2.53. The summed E-state index contributed by atoms with van der Waals surface area (Å²) >= 11 is 0. The topological polar surface area (TPSA) is 33.1 Å². The standard InChI is InChI=1S/C14H26N4/c1-4-18-10-13(8-16-18)9-17-7-5-6-15-14(11-17)12(2)3/h8,10,12,14-15H,4-7,9,11H2,1-3H3. The second kappa shape index (κ2) is 6.34. The number of nitrogens with zero attached hydrogens (tertiary/aromatic N) is 3. The Hall–Kier alpha value is -0.870. The van der Waals surface area contributed by atoms with Crippen molar-refractivity contribution in [2.45, 2.75) is 46.3 Å². The summed E-state index contributed by atoms with van der Waals surface area (Å²) in [6.45, 7) is 12.2. The molecule has 0 amide bonds. The summed E-state index contributed by atoms with van der Waals surface area (Å²) in [7, 11) is 0. The highest BCUT2D eigenvalue weighted by Gasteiger charge is 2.20. The number of aryl methyl sites for hydroxylation is 1. The molecule has 0 aliphatic carbocycles. The smallest absolute Gasteiger partial charge is 0.0534 e. The first-order valence-electron chi connectivity index (χ1n) is 7.16. The Morgan fingerprint density at radius 1 is 1.50 bits per heavy atom. The maximum absolute atomic E-state index is 4.35. The third-order valence-corrected chi connectivity index (χ3v) is 3.73. The molecule has 18 heavy (non-hydrogen) atoms. The van der Waals surface area contributed by atoms with Crippen molar-refractivity contribution in [3.8, 4) is 0 Å². The van der Waals surface area contributed by atoms with Crippen LogP contribution < -0.4 is 5.32 Å². The van der Waals surface area contributed by atoms with Gasteiger partial charge in [0.25, 0.3) is 0 Å². The Morgan fingerprint density at radius 3 is 3.00 bits per heavy atom. The first-order valence-corrected chi connectivity index (χ1v) is 7.16. The van der Waals surface area contributed by atoms with Crippen molar-refractivity contribution in [1.82, 2.24) is 20.0 Å². The van der Waals surface area contributed by atoms with Gasteiger partial charge in [-0.25, -0.2) is 0 Å². The first-order chi connectivity index (χ1) is 8.69. The van der Waals surface area contributed by atoms with Crippen LogP contribution in [0.25, 0.3) is 0 Å². The minimum Gasteiger partial charge on any atom is -0.312 e. The van der Waals surface area contributed by atoms with E-state index < -0.39 is 0 Å². The van der Waals surface area contributed by atoms with E-state index in [0.717, 1.165) is 26.2 Å². The molecule has 1 aliphatic heterocycles. The molecule has 4 heteroatoms. The highest BCUT2D eigenvalue weighted by atomic mass is 15.3. The van der Waals surface area contributed by atoms with Gasteiger partial charge in [-0.3, -0.25) is 9.58 Å². The van der Waals surface area contributed by atoms with Crippen molar-refractivity contribution in [1.29, 1.82) is 0 Å². The lowest BCUT2D eigenvalue weighted by atomic mass is 10.0. The quantitative estimate of drug-likeness (QED) is 0.883. The molecule has 0 spiro atoms. The second-order valence-corrected chi connectivity index (χ2v) is 5.60. The Labute approximate surface area is 110 Å². The molecule has 1 atom stereocenters. The van der Waals surface area contributed by atoms with Crippen molar-refractivity contribution < 1.29 is 0 Å². The zero-order chi connectivity index (χ0) is 13.0. The van der Waals surface area contributed by atoms with Crippen LogP contribution in [-0.4, -0.2) is 40.4 Å². The van der Waals surface area contributed by atoms with Gasteiger partial charge in [0.15, 0.2) is 0 Å². The van der Waals surface area contributed by atoms with Crippen LogP contribution in [0.4, 0.5) is 0 Å². The molecule has 0 bridgehead atoms. The largest absolute Gasteiger partial charge is 0.312 e. The van der Waals surface area contributed by atoms with E-state index in [1.54, 1.807) is 0 Å². The first kappa shape index (κ1) is 13.6. The lowest BCUT2D eigenvalue weighted by Crippen LogP contribution is -2.40. The number of nitrogens with one attached hydrogen (secondary N) is 1. The maximum atomic E-state index is 4.35. The molecular formula is C14H26N4. The van der Waals surface area contributed by atoms with Crippen molar-refractivity contribution in [2.24, 2.45) is 5.92 Å². The Bertz CT molecular complexity index is 358. The predicted molar refractivity (Wildman–Crippen MR) is 74.4 cm³/mol. The van der Waals surface area contributed by atoms with Crippen LogP contribution in [-0.2, 0) is 13.1 Å². The fourth-order valence-electron chi connectivity index (χ4n) is 2.53. The summed E-state index contributed by atoms with van der Waals surface area (Å²) in [5, 5.41) is 8.00. The molecule has 2 rings (SSSR count). The summed E-state index contributed by atoms with van der Waals surface area (Å²) in [5.41, 5.74) is 1.33. The van der Waals surface area contributed by atoms with Gasteiger partial charge in [0, 0.05) is 37.4 Å². The van der Waals surface area contributed by atoms with Crippen LogP contribution in [0.2, 0.25) is 0 Å². The van der Waals surface area contributed by atoms with Gasteiger partial charge in [-0.05, 0) is 32.4 Å². The van der Waals surface area contributed by atoms with E-state index in [0.29, 0.717) is 12.0 Å². The molecule has 0 radical (unpaired) electrons. The highest BCUT2D eigenvalue weighted by molar-refractivity contribution is 5.04. The average Bonchev–Trinajstić information content (AvgIpc) is 2.66. The van der Waals surface area contributed by atoms with E-state index in [1.807, 2.05) is 10.9 Å². The van der Waals surface area contributed by atoms with Gasteiger partial charge >= 0.3 is 0 Å². The average molecular weight is 250 g/mol. The molecule has 1 N–H and O–H groups in total.